The number of fused-ring (bicyclic) bond motifs is 3. The van der Waals surface area contributed by atoms with E-state index in [0.29, 0.717) is 13.0 Å². The molecule has 2 aromatic rings. The van der Waals surface area contributed by atoms with Gasteiger partial charge in [-0.1, -0.05) is 48.5 Å². The lowest BCUT2D eigenvalue weighted by molar-refractivity contribution is -0.143. The minimum atomic E-state index is -1.11. The van der Waals surface area contributed by atoms with Crippen molar-refractivity contribution < 1.29 is 28.9 Å². The van der Waals surface area contributed by atoms with Gasteiger partial charge in [-0.25, -0.2) is 9.59 Å². The topological polar surface area (TPSA) is 85.3 Å². The maximum absolute atomic E-state index is 13.0. The molecule has 3 aliphatic rings. The van der Waals surface area contributed by atoms with Gasteiger partial charge in [0.1, 0.15) is 6.61 Å². The van der Waals surface area contributed by atoms with Crippen LogP contribution in [-0.4, -0.2) is 60.3 Å². The molecule has 0 saturated carbocycles. The smallest absolute Gasteiger partial charge is 0.413 e. The van der Waals surface area contributed by atoms with Crippen LogP contribution in [-0.2, 0) is 19.0 Å². The van der Waals surface area contributed by atoms with Crippen LogP contribution >= 0.6 is 0 Å². The summed E-state index contributed by atoms with van der Waals surface area (Å²) in [7, 11) is 0. The molecule has 0 bridgehead atoms. The van der Waals surface area contributed by atoms with E-state index in [4.69, 9.17) is 14.2 Å². The fraction of sp³-hybridized carbons (Fsp3) is 0.364. The summed E-state index contributed by atoms with van der Waals surface area (Å²) in [5.74, 6) is -1.20. The molecule has 5 rings (SSSR count). The molecule has 7 nitrogen and oxygen atoms in total. The summed E-state index contributed by atoms with van der Waals surface area (Å²) in [6.07, 6.45) is -0.247. The summed E-state index contributed by atoms with van der Waals surface area (Å²) in [4.78, 5) is 25.9. The Hall–Kier alpha value is -2.90. The predicted molar refractivity (Wildman–Crippen MR) is 102 cm³/mol. The van der Waals surface area contributed by atoms with Crippen molar-refractivity contribution in [1.29, 1.82) is 0 Å². The third-order valence-electron chi connectivity index (χ3n) is 6.04. The first-order valence-electron chi connectivity index (χ1n) is 9.69. The largest absolute Gasteiger partial charge is 0.480 e. The van der Waals surface area contributed by atoms with Gasteiger partial charge < -0.3 is 19.3 Å². The van der Waals surface area contributed by atoms with Gasteiger partial charge in [-0.3, -0.25) is 4.90 Å². The fourth-order valence-corrected chi connectivity index (χ4v) is 4.64. The summed E-state index contributed by atoms with van der Waals surface area (Å²) < 4.78 is 16.8. The molecule has 0 aromatic heterocycles. The Morgan fingerprint density at radius 2 is 1.76 bits per heavy atom. The van der Waals surface area contributed by atoms with E-state index in [1.54, 1.807) is 0 Å². The average Bonchev–Trinajstić information content (AvgIpc) is 3.43. The Balaban J connectivity index is 1.40. The van der Waals surface area contributed by atoms with Crippen LogP contribution in [0.15, 0.2) is 48.5 Å². The van der Waals surface area contributed by atoms with Gasteiger partial charge in [0.05, 0.1) is 19.8 Å². The zero-order chi connectivity index (χ0) is 20.0. The summed E-state index contributed by atoms with van der Waals surface area (Å²) in [5, 5.41) is 9.55. The van der Waals surface area contributed by atoms with E-state index in [1.807, 2.05) is 36.4 Å². The molecule has 2 heterocycles. The molecule has 7 heteroatoms. The van der Waals surface area contributed by atoms with E-state index in [0.717, 1.165) is 22.3 Å². The van der Waals surface area contributed by atoms with Crippen molar-refractivity contribution in [3.63, 3.8) is 0 Å². The predicted octanol–water partition coefficient (Wildman–Crippen LogP) is 2.84. The number of carboxylic acids is 1. The molecule has 1 spiro atoms. The highest BCUT2D eigenvalue weighted by Crippen LogP contribution is 2.45. The second-order valence-corrected chi connectivity index (χ2v) is 7.59. The molecular formula is C22H21NO6. The summed E-state index contributed by atoms with van der Waals surface area (Å²) in [5.41, 5.74) is 3.43. The van der Waals surface area contributed by atoms with Crippen LogP contribution in [0.2, 0.25) is 0 Å². The van der Waals surface area contributed by atoms with E-state index in [2.05, 4.69) is 12.1 Å². The maximum atomic E-state index is 13.0. The van der Waals surface area contributed by atoms with E-state index in [-0.39, 0.29) is 25.7 Å². The molecule has 0 radical (unpaired) electrons. The van der Waals surface area contributed by atoms with Crippen LogP contribution < -0.4 is 0 Å². The average molecular weight is 395 g/mol. The van der Waals surface area contributed by atoms with Crippen molar-refractivity contribution in [2.24, 2.45) is 0 Å². The van der Waals surface area contributed by atoms with Gasteiger partial charge in [-0.05, 0) is 22.3 Å². The molecule has 2 aliphatic heterocycles. The number of aliphatic carboxylic acids is 1. The number of amides is 1. The highest BCUT2D eigenvalue weighted by molar-refractivity contribution is 5.82. The highest BCUT2D eigenvalue weighted by Gasteiger charge is 2.56. The zero-order valence-electron chi connectivity index (χ0n) is 15.7. The molecule has 2 unspecified atom stereocenters. The molecule has 1 aliphatic carbocycles. The first-order chi connectivity index (χ1) is 14.1. The highest BCUT2D eigenvalue weighted by atomic mass is 16.6. The van der Waals surface area contributed by atoms with Crippen LogP contribution in [0.5, 0.6) is 0 Å². The number of ether oxygens (including phenoxy) is 3. The third-order valence-corrected chi connectivity index (χ3v) is 6.04. The first kappa shape index (κ1) is 18.1. The number of benzene rings is 2. The van der Waals surface area contributed by atoms with Gasteiger partial charge in [0.15, 0.2) is 11.8 Å². The number of nitrogens with zero attached hydrogens (tertiary/aromatic N) is 1. The summed E-state index contributed by atoms with van der Waals surface area (Å²) >= 11 is 0. The molecule has 1 amide bonds. The molecule has 2 atom stereocenters. The van der Waals surface area contributed by atoms with Gasteiger partial charge in [0.2, 0.25) is 0 Å². The lowest BCUT2D eigenvalue weighted by Gasteiger charge is -2.33. The van der Waals surface area contributed by atoms with Gasteiger partial charge in [-0.15, -0.1) is 0 Å². The Kier molecular flexibility index (Phi) is 4.29. The minimum absolute atomic E-state index is 0.0666. The Morgan fingerprint density at radius 3 is 2.34 bits per heavy atom. The van der Waals surface area contributed by atoms with Crippen molar-refractivity contribution in [3.8, 4) is 11.1 Å². The molecule has 2 aromatic carbocycles. The van der Waals surface area contributed by atoms with Crippen molar-refractivity contribution in [1.82, 2.24) is 4.90 Å². The molecule has 2 saturated heterocycles. The van der Waals surface area contributed by atoms with Crippen molar-refractivity contribution in [3.05, 3.63) is 59.7 Å². The number of carboxylic acid groups (broad SMARTS) is 1. The van der Waals surface area contributed by atoms with Crippen LogP contribution in [0, 0.1) is 0 Å². The lowest BCUT2D eigenvalue weighted by atomic mass is 9.98. The summed E-state index contributed by atoms with van der Waals surface area (Å²) in [6.45, 7) is 0.635. The normalized spacial score (nSPS) is 25.2. The maximum Gasteiger partial charge on any atom is 0.413 e. The van der Waals surface area contributed by atoms with E-state index in [9.17, 15) is 14.7 Å². The fourth-order valence-electron chi connectivity index (χ4n) is 4.64. The Labute approximate surface area is 167 Å². The molecular weight excluding hydrogens is 374 g/mol. The third kappa shape index (κ3) is 2.81. The molecule has 150 valence electrons. The Morgan fingerprint density at radius 1 is 1.10 bits per heavy atom. The number of carbonyl (C=O) groups is 2. The number of hydrogen-bond donors (Lipinski definition) is 1. The Bertz CT molecular complexity index is 922. The van der Waals surface area contributed by atoms with Crippen molar-refractivity contribution >= 4 is 12.1 Å². The van der Waals surface area contributed by atoms with E-state index in [1.165, 1.54) is 4.90 Å². The number of hydrogen-bond acceptors (Lipinski definition) is 5. The lowest BCUT2D eigenvalue weighted by Crippen LogP contribution is -2.54. The second-order valence-electron chi connectivity index (χ2n) is 7.59. The minimum Gasteiger partial charge on any atom is -0.480 e. The van der Waals surface area contributed by atoms with Crippen LogP contribution in [0.1, 0.15) is 23.5 Å². The first-order valence-corrected chi connectivity index (χ1v) is 9.69. The summed E-state index contributed by atoms with van der Waals surface area (Å²) in [6, 6.07) is 15.1. The van der Waals surface area contributed by atoms with Crippen molar-refractivity contribution in [2.45, 2.75) is 24.1 Å². The molecule has 29 heavy (non-hydrogen) atoms. The van der Waals surface area contributed by atoms with Crippen LogP contribution in [0.25, 0.3) is 11.1 Å². The van der Waals surface area contributed by atoms with E-state index >= 15 is 0 Å². The standard InChI is InChI=1S/C22H21NO6/c24-20(25)19-12-29-22(9-10-27-13-22)23(19)21(26)28-11-18-16-7-3-1-5-14(16)15-6-2-4-8-17(15)18/h1-8,18-19H,9-13H2,(H,24,25). The molecule has 2 fully saturated rings. The van der Waals surface area contributed by atoms with Gasteiger partial charge in [-0.2, -0.15) is 0 Å². The molecule has 1 N–H and O–H groups in total. The second kappa shape index (κ2) is 6.86. The van der Waals surface area contributed by atoms with Crippen molar-refractivity contribution in [2.75, 3.05) is 26.4 Å². The SMILES string of the molecule is O=C(O)C1COC2(CCOC2)N1C(=O)OCC1c2ccccc2-c2ccccc21. The van der Waals surface area contributed by atoms with Gasteiger partial charge in [0, 0.05) is 12.3 Å². The van der Waals surface area contributed by atoms with E-state index < -0.39 is 23.8 Å². The quantitative estimate of drug-likeness (QED) is 0.860. The number of rotatable bonds is 3. The zero-order valence-corrected chi connectivity index (χ0v) is 15.7. The number of carbonyl (C=O) groups excluding carboxylic acids is 1. The van der Waals surface area contributed by atoms with Crippen LogP contribution in [0.4, 0.5) is 4.79 Å². The monoisotopic (exact) mass is 395 g/mol. The van der Waals surface area contributed by atoms with Gasteiger partial charge in [0.25, 0.3) is 0 Å². The van der Waals surface area contributed by atoms with Gasteiger partial charge >= 0.3 is 12.1 Å². The van der Waals surface area contributed by atoms with Crippen LogP contribution in [0.3, 0.4) is 0 Å².